The van der Waals surface area contributed by atoms with Crippen molar-refractivity contribution in [2.75, 3.05) is 13.2 Å². The first-order valence-corrected chi connectivity index (χ1v) is 18.6. The van der Waals surface area contributed by atoms with Crippen LogP contribution in [0, 0.1) is 0 Å². The summed E-state index contributed by atoms with van der Waals surface area (Å²) in [7, 11) is 0. The maximum atomic E-state index is 6.31. The van der Waals surface area contributed by atoms with Crippen LogP contribution >= 0.6 is 0 Å². The van der Waals surface area contributed by atoms with Gasteiger partial charge in [-0.2, -0.15) is 0 Å². The van der Waals surface area contributed by atoms with Crippen molar-refractivity contribution in [2.24, 2.45) is 0 Å². The SMILES string of the molecule is CCCCCCOc1ccc(-c2ccc3c(c2)C(C)(C)c2cc(-c4ccc(OCCCCCC)c5ccccc45)ccc2-3)c2ccccc12. The van der Waals surface area contributed by atoms with Crippen molar-refractivity contribution < 1.29 is 9.47 Å². The molecule has 2 nitrogen and oxygen atoms in total. The molecule has 0 amide bonds. The molecule has 2 heteroatoms. The van der Waals surface area contributed by atoms with Crippen molar-refractivity contribution in [1.82, 2.24) is 0 Å². The van der Waals surface area contributed by atoms with Crippen molar-refractivity contribution in [2.45, 2.75) is 84.5 Å². The average molecular weight is 647 g/mol. The van der Waals surface area contributed by atoms with Gasteiger partial charge in [-0.3, -0.25) is 0 Å². The van der Waals surface area contributed by atoms with Crippen LogP contribution < -0.4 is 9.47 Å². The van der Waals surface area contributed by atoms with E-state index in [0.29, 0.717) is 0 Å². The number of benzene rings is 6. The highest BCUT2D eigenvalue weighted by atomic mass is 16.5. The monoisotopic (exact) mass is 646 g/mol. The molecule has 0 bridgehead atoms. The molecule has 0 aliphatic heterocycles. The van der Waals surface area contributed by atoms with Crippen LogP contribution in [0.5, 0.6) is 11.5 Å². The summed E-state index contributed by atoms with van der Waals surface area (Å²) < 4.78 is 12.6. The molecule has 0 spiro atoms. The summed E-state index contributed by atoms with van der Waals surface area (Å²) in [5, 5.41) is 4.85. The second kappa shape index (κ2) is 14.5. The number of hydrogen-bond donors (Lipinski definition) is 0. The van der Waals surface area contributed by atoms with Crippen LogP contribution in [0.15, 0.2) is 109 Å². The first-order chi connectivity index (χ1) is 24.0. The topological polar surface area (TPSA) is 18.5 Å². The molecule has 0 unspecified atom stereocenters. The van der Waals surface area contributed by atoms with E-state index >= 15 is 0 Å². The van der Waals surface area contributed by atoms with Crippen molar-refractivity contribution in [3.63, 3.8) is 0 Å². The third-order valence-electron chi connectivity index (χ3n) is 10.6. The maximum absolute atomic E-state index is 6.31. The van der Waals surface area contributed by atoms with Crippen LogP contribution in [0.25, 0.3) is 54.9 Å². The smallest absolute Gasteiger partial charge is 0.127 e. The van der Waals surface area contributed by atoms with Gasteiger partial charge in [-0.1, -0.05) is 151 Å². The van der Waals surface area contributed by atoms with E-state index in [0.717, 1.165) is 37.6 Å². The lowest BCUT2D eigenvalue weighted by Gasteiger charge is -2.23. The third kappa shape index (κ3) is 6.46. The Morgan fingerprint density at radius 3 is 1.27 bits per heavy atom. The second-order valence-corrected chi connectivity index (χ2v) is 14.3. The van der Waals surface area contributed by atoms with Gasteiger partial charge in [0.15, 0.2) is 0 Å². The predicted octanol–water partition coefficient (Wildman–Crippen LogP) is 13.6. The Hall–Kier alpha value is -4.56. The zero-order chi connectivity index (χ0) is 33.8. The van der Waals surface area contributed by atoms with Crippen molar-refractivity contribution in [3.05, 3.63) is 120 Å². The molecule has 0 fully saturated rings. The summed E-state index contributed by atoms with van der Waals surface area (Å²) in [6.45, 7) is 10.8. The number of rotatable bonds is 14. The number of unbranched alkanes of at least 4 members (excludes halogenated alkanes) is 6. The lowest BCUT2D eigenvalue weighted by Crippen LogP contribution is -2.15. The van der Waals surface area contributed by atoms with Gasteiger partial charge in [0.2, 0.25) is 0 Å². The largest absolute Gasteiger partial charge is 0.493 e. The van der Waals surface area contributed by atoms with E-state index in [1.807, 2.05) is 0 Å². The average Bonchev–Trinajstić information content (AvgIpc) is 3.36. The summed E-state index contributed by atoms with van der Waals surface area (Å²) in [4.78, 5) is 0. The molecular formula is C47H50O2. The minimum Gasteiger partial charge on any atom is -0.493 e. The van der Waals surface area contributed by atoms with Gasteiger partial charge in [-0.25, -0.2) is 0 Å². The Labute approximate surface area is 293 Å². The first-order valence-electron chi connectivity index (χ1n) is 18.6. The molecular weight excluding hydrogens is 597 g/mol. The quantitative estimate of drug-likeness (QED) is 0.110. The first kappa shape index (κ1) is 33.0. The van der Waals surface area contributed by atoms with Crippen molar-refractivity contribution in [1.29, 1.82) is 0 Å². The van der Waals surface area contributed by atoms with E-state index in [9.17, 15) is 0 Å². The van der Waals surface area contributed by atoms with Crippen LogP contribution in [0.3, 0.4) is 0 Å². The molecule has 7 rings (SSSR count). The summed E-state index contributed by atoms with van der Waals surface area (Å²) in [6, 6.07) is 40.4. The van der Waals surface area contributed by atoms with E-state index in [-0.39, 0.29) is 5.41 Å². The van der Waals surface area contributed by atoms with E-state index < -0.39 is 0 Å². The zero-order valence-corrected chi connectivity index (χ0v) is 29.8. The third-order valence-corrected chi connectivity index (χ3v) is 10.6. The van der Waals surface area contributed by atoms with Crippen LogP contribution in [-0.4, -0.2) is 13.2 Å². The summed E-state index contributed by atoms with van der Waals surface area (Å²) >= 11 is 0. The summed E-state index contributed by atoms with van der Waals surface area (Å²) in [5.74, 6) is 1.97. The number of ether oxygens (including phenoxy) is 2. The Morgan fingerprint density at radius 2 is 0.837 bits per heavy atom. The fourth-order valence-corrected chi connectivity index (χ4v) is 7.79. The Morgan fingerprint density at radius 1 is 0.429 bits per heavy atom. The molecule has 6 aromatic rings. The van der Waals surface area contributed by atoms with Gasteiger partial charge in [0.1, 0.15) is 11.5 Å². The lowest BCUT2D eigenvalue weighted by atomic mass is 9.80. The summed E-state index contributed by atoms with van der Waals surface area (Å²) in [5.41, 5.74) is 10.3. The molecule has 0 saturated heterocycles. The molecule has 1 aliphatic rings. The molecule has 1 aliphatic carbocycles. The highest BCUT2D eigenvalue weighted by Crippen LogP contribution is 2.51. The van der Waals surface area contributed by atoms with Gasteiger partial charge >= 0.3 is 0 Å². The van der Waals surface area contributed by atoms with E-state index in [4.69, 9.17) is 9.47 Å². The standard InChI is InChI=1S/C47H50O2/c1-5-7-9-15-29-48-45-27-25-35(37-17-11-13-19-41(37)45)33-21-23-39-40-24-22-34(32-44(40)47(3,4)43(39)31-33)36-26-28-46(49-30-16-10-8-6-2)42-20-14-12-18-38(36)42/h11-14,17-28,31-32H,5-10,15-16,29-30H2,1-4H3. The van der Waals surface area contributed by atoms with Crippen LogP contribution in [-0.2, 0) is 5.41 Å². The molecule has 0 N–H and O–H groups in total. The van der Waals surface area contributed by atoms with Gasteiger partial charge in [0.25, 0.3) is 0 Å². The van der Waals surface area contributed by atoms with Crippen molar-refractivity contribution >= 4 is 21.5 Å². The molecule has 0 radical (unpaired) electrons. The molecule has 0 aromatic heterocycles. The zero-order valence-electron chi connectivity index (χ0n) is 29.8. The lowest BCUT2D eigenvalue weighted by molar-refractivity contribution is 0.308. The van der Waals surface area contributed by atoms with Crippen LogP contribution in [0.2, 0.25) is 0 Å². The van der Waals surface area contributed by atoms with Gasteiger partial charge in [-0.15, -0.1) is 0 Å². The van der Waals surface area contributed by atoms with Gasteiger partial charge in [0, 0.05) is 16.2 Å². The van der Waals surface area contributed by atoms with Crippen molar-refractivity contribution in [3.8, 4) is 44.9 Å². The summed E-state index contributed by atoms with van der Waals surface area (Å²) in [6.07, 6.45) is 9.64. The number of hydrogen-bond acceptors (Lipinski definition) is 2. The minimum absolute atomic E-state index is 0.134. The number of fused-ring (bicyclic) bond motifs is 5. The normalized spacial score (nSPS) is 13.1. The Kier molecular flexibility index (Phi) is 9.76. The highest BCUT2D eigenvalue weighted by molar-refractivity contribution is 6.02. The second-order valence-electron chi connectivity index (χ2n) is 14.3. The van der Waals surface area contributed by atoms with E-state index in [2.05, 4.69) is 137 Å². The molecule has 250 valence electrons. The minimum atomic E-state index is -0.134. The molecule has 49 heavy (non-hydrogen) atoms. The fourth-order valence-electron chi connectivity index (χ4n) is 7.79. The highest BCUT2D eigenvalue weighted by Gasteiger charge is 2.36. The fraction of sp³-hybridized carbons (Fsp3) is 0.319. The molecule has 0 heterocycles. The molecule has 0 saturated carbocycles. The van der Waals surface area contributed by atoms with Gasteiger partial charge in [0.05, 0.1) is 13.2 Å². The Bertz CT molecular complexity index is 1940. The van der Waals surface area contributed by atoms with Gasteiger partial charge < -0.3 is 9.47 Å². The predicted molar refractivity (Wildman–Crippen MR) is 209 cm³/mol. The van der Waals surface area contributed by atoms with Gasteiger partial charge in [-0.05, 0) is 92.4 Å². The van der Waals surface area contributed by atoms with Crippen LogP contribution in [0.4, 0.5) is 0 Å². The van der Waals surface area contributed by atoms with E-state index in [1.54, 1.807) is 0 Å². The Balaban J connectivity index is 1.19. The maximum Gasteiger partial charge on any atom is 0.127 e. The van der Waals surface area contributed by atoms with E-state index in [1.165, 1.54) is 105 Å². The van der Waals surface area contributed by atoms with Crippen LogP contribution in [0.1, 0.15) is 90.2 Å². The molecule has 6 aromatic carbocycles. The molecule has 0 atom stereocenters.